The highest BCUT2D eigenvalue weighted by atomic mass is 32.1. The maximum Gasteiger partial charge on any atom is 0.172 e. The van der Waals surface area contributed by atoms with Crippen molar-refractivity contribution in [3.63, 3.8) is 0 Å². The normalized spacial score (nSPS) is 10.6. The van der Waals surface area contributed by atoms with Crippen molar-refractivity contribution in [1.29, 1.82) is 0 Å². The quantitative estimate of drug-likeness (QED) is 0.756. The van der Waals surface area contributed by atoms with Crippen LogP contribution in [0.25, 0.3) is 10.1 Å². The molecule has 0 saturated carbocycles. The van der Waals surface area contributed by atoms with Gasteiger partial charge in [0.15, 0.2) is 5.06 Å². The van der Waals surface area contributed by atoms with E-state index in [1.165, 1.54) is 11.3 Å². The van der Waals surface area contributed by atoms with Gasteiger partial charge in [-0.3, -0.25) is 0 Å². The molecule has 2 aromatic rings. The average Bonchev–Trinajstić information content (AvgIpc) is 2.43. The second-order valence-corrected chi connectivity index (χ2v) is 4.03. The van der Waals surface area contributed by atoms with E-state index in [1.54, 1.807) is 13.2 Å². The minimum atomic E-state index is 0.332. The molecule has 1 heterocycles. The number of aromatic hydroxyl groups is 1. The summed E-state index contributed by atoms with van der Waals surface area (Å²) in [6.07, 6.45) is 0. The topological polar surface area (TPSA) is 29.5 Å². The number of fused-ring (bicyclic) bond motifs is 1. The summed E-state index contributed by atoms with van der Waals surface area (Å²) < 4.78 is 6.28. The monoisotopic (exact) mass is 194 g/mol. The Morgan fingerprint density at radius 2 is 2.08 bits per heavy atom. The Morgan fingerprint density at radius 1 is 1.31 bits per heavy atom. The van der Waals surface area contributed by atoms with E-state index in [1.807, 2.05) is 19.1 Å². The molecule has 1 aromatic carbocycles. The summed E-state index contributed by atoms with van der Waals surface area (Å²) in [7, 11) is 1.64. The predicted molar refractivity (Wildman–Crippen MR) is 54.8 cm³/mol. The number of ether oxygens (including phenoxy) is 1. The minimum Gasteiger partial charge on any atom is -0.499 e. The lowest BCUT2D eigenvalue weighted by Gasteiger charge is -2.02. The highest BCUT2D eigenvalue weighted by Crippen LogP contribution is 2.37. The van der Waals surface area contributed by atoms with E-state index in [2.05, 4.69) is 0 Å². The van der Waals surface area contributed by atoms with E-state index in [9.17, 15) is 5.11 Å². The van der Waals surface area contributed by atoms with Gasteiger partial charge in [-0.15, -0.1) is 0 Å². The molecule has 0 aliphatic rings. The predicted octanol–water partition coefficient (Wildman–Crippen LogP) is 2.92. The van der Waals surface area contributed by atoms with Crippen molar-refractivity contribution in [2.45, 2.75) is 6.92 Å². The molecule has 13 heavy (non-hydrogen) atoms. The maximum absolute atomic E-state index is 9.33. The Kier molecular flexibility index (Phi) is 1.88. The lowest BCUT2D eigenvalue weighted by molar-refractivity contribution is 0.419. The van der Waals surface area contributed by atoms with Crippen molar-refractivity contribution in [3.8, 4) is 10.8 Å². The standard InChI is InChI=1S/C10H10O2S/c1-6-3-8(12-2)7-5-10(11)13-9(7)4-6/h3-5,11H,1-2H3. The van der Waals surface area contributed by atoms with Crippen LogP contribution in [-0.2, 0) is 0 Å². The van der Waals surface area contributed by atoms with E-state index in [-0.39, 0.29) is 0 Å². The molecule has 0 amide bonds. The molecule has 0 saturated heterocycles. The van der Waals surface area contributed by atoms with Crippen molar-refractivity contribution in [1.82, 2.24) is 0 Å². The van der Waals surface area contributed by atoms with Crippen molar-refractivity contribution in [3.05, 3.63) is 23.8 Å². The van der Waals surface area contributed by atoms with Crippen LogP contribution in [0.5, 0.6) is 10.8 Å². The van der Waals surface area contributed by atoms with E-state index < -0.39 is 0 Å². The summed E-state index contributed by atoms with van der Waals surface area (Å²) in [6.45, 7) is 2.01. The molecule has 3 heteroatoms. The molecule has 68 valence electrons. The summed E-state index contributed by atoms with van der Waals surface area (Å²) in [5, 5.41) is 10.6. The van der Waals surface area contributed by atoms with Gasteiger partial charge >= 0.3 is 0 Å². The molecule has 0 aliphatic heterocycles. The number of benzene rings is 1. The van der Waals surface area contributed by atoms with E-state index >= 15 is 0 Å². The lowest BCUT2D eigenvalue weighted by atomic mass is 10.2. The fourth-order valence-corrected chi connectivity index (χ4v) is 2.31. The van der Waals surface area contributed by atoms with Crippen molar-refractivity contribution in [2.75, 3.05) is 7.11 Å². The summed E-state index contributed by atoms with van der Waals surface area (Å²) in [5.41, 5.74) is 1.14. The van der Waals surface area contributed by atoms with Crippen LogP contribution >= 0.6 is 11.3 Å². The molecule has 0 aliphatic carbocycles. The van der Waals surface area contributed by atoms with Crippen LogP contribution in [0.2, 0.25) is 0 Å². The summed E-state index contributed by atoms with van der Waals surface area (Å²) >= 11 is 1.37. The smallest absolute Gasteiger partial charge is 0.172 e. The molecular weight excluding hydrogens is 184 g/mol. The number of rotatable bonds is 1. The molecular formula is C10H10O2S. The van der Waals surface area contributed by atoms with Gasteiger partial charge in [0.2, 0.25) is 0 Å². The molecule has 0 bridgehead atoms. The zero-order chi connectivity index (χ0) is 9.42. The third-order valence-electron chi connectivity index (χ3n) is 1.95. The van der Waals surface area contributed by atoms with Gasteiger partial charge in [-0.25, -0.2) is 0 Å². The first-order valence-corrected chi connectivity index (χ1v) is 4.79. The van der Waals surface area contributed by atoms with Crippen LogP contribution in [0.1, 0.15) is 5.56 Å². The van der Waals surface area contributed by atoms with Crippen LogP contribution in [-0.4, -0.2) is 12.2 Å². The molecule has 0 fully saturated rings. The third-order valence-corrected chi connectivity index (χ3v) is 2.84. The molecule has 2 rings (SSSR count). The van der Waals surface area contributed by atoms with Gasteiger partial charge < -0.3 is 9.84 Å². The number of thiophene rings is 1. The average molecular weight is 194 g/mol. The largest absolute Gasteiger partial charge is 0.499 e. The third kappa shape index (κ3) is 1.35. The van der Waals surface area contributed by atoms with Gasteiger partial charge in [0.1, 0.15) is 5.75 Å². The Labute approximate surface area is 80.4 Å². The zero-order valence-corrected chi connectivity index (χ0v) is 8.31. The number of hydrogen-bond acceptors (Lipinski definition) is 3. The van der Waals surface area contributed by atoms with Crippen molar-refractivity contribution < 1.29 is 9.84 Å². The summed E-state index contributed by atoms with van der Waals surface area (Å²) in [5.74, 6) is 0.826. The highest BCUT2D eigenvalue weighted by molar-refractivity contribution is 7.20. The first kappa shape index (κ1) is 8.38. The van der Waals surface area contributed by atoms with Crippen molar-refractivity contribution >= 4 is 21.4 Å². The Bertz CT molecular complexity index is 445. The van der Waals surface area contributed by atoms with Crippen LogP contribution in [0.4, 0.5) is 0 Å². The van der Waals surface area contributed by atoms with Gasteiger partial charge in [0, 0.05) is 16.2 Å². The number of hydrogen-bond donors (Lipinski definition) is 1. The number of aryl methyl sites for hydroxylation is 1. The van der Waals surface area contributed by atoms with Gasteiger partial charge in [-0.2, -0.15) is 0 Å². The molecule has 1 N–H and O–H groups in total. The highest BCUT2D eigenvalue weighted by Gasteiger charge is 2.06. The summed E-state index contributed by atoms with van der Waals surface area (Å²) in [6, 6.07) is 5.75. The van der Waals surface area contributed by atoms with Crippen LogP contribution in [0.3, 0.4) is 0 Å². The van der Waals surface area contributed by atoms with E-state index in [0.29, 0.717) is 5.06 Å². The van der Waals surface area contributed by atoms with Crippen molar-refractivity contribution in [2.24, 2.45) is 0 Å². The maximum atomic E-state index is 9.33. The van der Waals surface area contributed by atoms with Crippen LogP contribution in [0, 0.1) is 6.92 Å². The van der Waals surface area contributed by atoms with Gasteiger partial charge in [-0.05, 0) is 24.6 Å². The molecule has 0 spiro atoms. The Morgan fingerprint density at radius 3 is 2.77 bits per heavy atom. The van der Waals surface area contributed by atoms with Crippen LogP contribution < -0.4 is 4.74 Å². The van der Waals surface area contributed by atoms with Gasteiger partial charge in [-0.1, -0.05) is 11.3 Å². The van der Waals surface area contributed by atoms with Crippen LogP contribution in [0.15, 0.2) is 18.2 Å². The molecule has 2 nitrogen and oxygen atoms in total. The number of methoxy groups -OCH3 is 1. The van der Waals surface area contributed by atoms with E-state index in [0.717, 1.165) is 21.4 Å². The molecule has 0 unspecified atom stereocenters. The molecule has 0 radical (unpaired) electrons. The second kappa shape index (κ2) is 2.92. The SMILES string of the molecule is COc1cc(C)cc2sc(O)cc12. The van der Waals surface area contributed by atoms with E-state index in [4.69, 9.17) is 4.74 Å². The Hall–Kier alpha value is -1.22. The molecule has 0 atom stereocenters. The van der Waals surface area contributed by atoms with Gasteiger partial charge in [0.25, 0.3) is 0 Å². The first-order chi connectivity index (χ1) is 6.20. The minimum absolute atomic E-state index is 0.332. The zero-order valence-electron chi connectivity index (χ0n) is 7.50. The molecule has 1 aromatic heterocycles. The fraction of sp³-hybridized carbons (Fsp3) is 0.200. The lowest BCUT2D eigenvalue weighted by Crippen LogP contribution is -1.83. The first-order valence-electron chi connectivity index (χ1n) is 3.98. The Balaban J connectivity index is 2.80. The summed E-state index contributed by atoms with van der Waals surface area (Å²) in [4.78, 5) is 0. The van der Waals surface area contributed by atoms with Gasteiger partial charge in [0.05, 0.1) is 7.11 Å². The fourth-order valence-electron chi connectivity index (χ4n) is 1.39. The second-order valence-electron chi connectivity index (χ2n) is 2.96.